The molecule has 1 aliphatic rings. The van der Waals surface area contributed by atoms with E-state index < -0.39 is 0 Å². The van der Waals surface area contributed by atoms with Crippen LogP contribution in [0.15, 0.2) is 28.7 Å². The Bertz CT molecular complexity index is 427. The summed E-state index contributed by atoms with van der Waals surface area (Å²) in [5.74, 6) is 0.879. The molecule has 1 amide bonds. The minimum Gasteiger partial charge on any atom is -0.350 e. The molecule has 1 aliphatic heterocycles. The number of benzene rings is 1. The van der Waals surface area contributed by atoms with Crippen molar-refractivity contribution in [3.63, 3.8) is 0 Å². The Morgan fingerprint density at radius 1 is 1.35 bits per heavy atom. The Morgan fingerprint density at radius 3 is 2.65 bits per heavy atom. The van der Waals surface area contributed by atoms with Gasteiger partial charge >= 0.3 is 0 Å². The molecule has 3 nitrogen and oxygen atoms in total. The first-order chi connectivity index (χ1) is 9.65. The predicted molar refractivity (Wildman–Crippen MR) is 85.5 cm³/mol. The summed E-state index contributed by atoms with van der Waals surface area (Å²) in [6, 6.07) is 8.17. The first-order valence-corrected chi connectivity index (χ1v) is 8.20. The van der Waals surface area contributed by atoms with Crippen LogP contribution < -0.4 is 10.6 Å². The van der Waals surface area contributed by atoms with Crippen molar-refractivity contribution in [1.82, 2.24) is 10.6 Å². The number of carbonyl (C=O) groups is 1. The van der Waals surface area contributed by atoms with E-state index in [4.69, 9.17) is 0 Å². The lowest BCUT2D eigenvalue weighted by atomic mass is 9.93. The fraction of sp³-hybridized carbons (Fsp3) is 0.562. The van der Waals surface area contributed by atoms with Gasteiger partial charge in [-0.25, -0.2) is 0 Å². The van der Waals surface area contributed by atoms with Crippen molar-refractivity contribution in [2.75, 3.05) is 13.1 Å². The van der Waals surface area contributed by atoms with Gasteiger partial charge in [0.25, 0.3) is 0 Å². The van der Waals surface area contributed by atoms with E-state index in [1.54, 1.807) is 0 Å². The van der Waals surface area contributed by atoms with Gasteiger partial charge in [0, 0.05) is 10.9 Å². The Kier molecular flexibility index (Phi) is 6.05. The van der Waals surface area contributed by atoms with E-state index in [0.29, 0.717) is 12.3 Å². The maximum absolute atomic E-state index is 12.0. The molecule has 1 saturated heterocycles. The molecule has 0 bridgehead atoms. The topological polar surface area (TPSA) is 41.1 Å². The SMILES string of the molecule is C[C@H](NC(=O)CCC1CCNCC1)c1ccc(Br)cc1. The summed E-state index contributed by atoms with van der Waals surface area (Å²) in [5, 5.41) is 6.44. The van der Waals surface area contributed by atoms with Gasteiger partial charge in [0.15, 0.2) is 0 Å². The van der Waals surface area contributed by atoms with Gasteiger partial charge in [0.1, 0.15) is 0 Å². The summed E-state index contributed by atoms with van der Waals surface area (Å²) in [7, 11) is 0. The Balaban J connectivity index is 1.74. The number of nitrogens with one attached hydrogen (secondary N) is 2. The van der Waals surface area contributed by atoms with Crippen LogP contribution in [0, 0.1) is 5.92 Å². The second-order valence-electron chi connectivity index (χ2n) is 5.57. The molecule has 0 radical (unpaired) electrons. The van der Waals surface area contributed by atoms with Crippen LogP contribution in [-0.4, -0.2) is 19.0 Å². The monoisotopic (exact) mass is 338 g/mol. The third-order valence-corrected chi connectivity index (χ3v) is 4.51. The maximum Gasteiger partial charge on any atom is 0.220 e. The van der Waals surface area contributed by atoms with Crippen molar-refractivity contribution in [3.05, 3.63) is 34.3 Å². The van der Waals surface area contributed by atoms with E-state index in [1.165, 1.54) is 12.8 Å². The summed E-state index contributed by atoms with van der Waals surface area (Å²) in [5.41, 5.74) is 1.14. The Labute approximate surface area is 129 Å². The van der Waals surface area contributed by atoms with E-state index in [2.05, 4.69) is 26.6 Å². The third-order valence-electron chi connectivity index (χ3n) is 3.99. The van der Waals surface area contributed by atoms with Gasteiger partial charge in [-0.05, 0) is 62.9 Å². The maximum atomic E-state index is 12.0. The van der Waals surface area contributed by atoms with Gasteiger partial charge in [-0.15, -0.1) is 0 Å². The zero-order valence-electron chi connectivity index (χ0n) is 12.0. The molecule has 1 aromatic carbocycles. The molecule has 0 aromatic heterocycles. The fourth-order valence-corrected chi connectivity index (χ4v) is 2.92. The highest BCUT2D eigenvalue weighted by Gasteiger charge is 2.15. The second-order valence-corrected chi connectivity index (χ2v) is 6.49. The van der Waals surface area contributed by atoms with Crippen LogP contribution in [-0.2, 0) is 4.79 Å². The van der Waals surface area contributed by atoms with Gasteiger partial charge in [-0.3, -0.25) is 4.79 Å². The van der Waals surface area contributed by atoms with Crippen LogP contribution in [0.4, 0.5) is 0 Å². The van der Waals surface area contributed by atoms with E-state index in [1.807, 2.05) is 31.2 Å². The molecule has 20 heavy (non-hydrogen) atoms. The largest absolute Gasteiger partial charge is 0.350 e. The van der Waals surface area contributed by atoms with Crippen molar-refractivity contribution in [1.29, 1.82) is 0 Å². The second kappa shape index (κ2) is 7.79. The first-order valence-electron chi connectivity index (χ1n) is 7.40. The van der Waals surface area contributed by atoms with Crippen LogP contribution >= 0.6 is 15.9 Å². The number of halogens is 1. The number of piperidine rings is 1. The van der Waals surface area contributed by atoms with Gasteiger partial charge in [-0.2, -0.15) is 0 Å². The highest BCUT2D eigenvalue weighted by molar-refractivity contribution is 9.10. The summed E-state index contributed by atoms with van der Waals surface area (Å²) >= 11 is 3.42. The molecule has 0 aliphatic carbocycles. The molecule has 1 atom stereocenters. The van der Waals surface area contributed by atoms with E-state index in [0.717, 1.165) is 29.5 Å². The summed E-state index contributed by atoms with van der Waals surface area (Å²) in [6.45, 7) is 4.23. The van der Waals surface area contributed by atoms with E-state index in [9.17, 15) is 4.79 Å². The average molecular weight is 339 g/mol. The van der Waals surface area contributed by atoms with Crippen molar-refractivity contribution >= 4 is 21.8 Å². The van der Waals surface area contributed by atoms with Gasteiger partial charge in [-0.1, -0.05) is 28.1 Å². The lowest BCUT2D eigenvalue weighted by Gasteiger charge is -2.22. The zero-order chi connectivity index (χ0) is 14.4. The molecule has 1 heterocycles. The minimum absolute atomic E-state index is 0.0728. The van der Waals surface area contributed by atoms with Crippen LogP contribution in [0.2, 0.25) is 0 Å². The lowest BCUT2D eigenvalue weighted by Crippen LogP contribution is -2.30. The normalized spacial score (nSPS) is 17.7. The Morgan fingerprint density at radius 2 is 2.00 bits per heavy atom. The molecule has 4 heteroatoms. The molecule has 0 unspecified atom stereocenters. The minimum atomic E-state index is 0.0728. The average Bonchev–Trinajstić information content (AvgIpc) is 2.47. The quantitative estimate of drug-likeness (QED) is 0.863. The molecule has 1 fully saturated rings. The zero-order valence-corrected chi connectivity index (χ0v) is 13.6. The highest BCUT2D eigenvalue weighted by atomic mass is 79.9. The smallest absolute Gasteiger partial charge is 0.220 e. The van der Waals surface area contributed by atoms with Crippen molar-refractivity contribution in [3.8, 4) is 0 Å². The molecule has 0 spiro atoms. The number of rotatable bonds is 5. The van der Waals surface area contributed by atoms with E-state index in [-0.39, 0.29) is 11.9 Å². The number of carbonyl (C=O) groups excluding carboxylic acids is 1. The molecular formula is C16H23BrN2O. The van der Waals surface area contributed by atoms with Crippen LogP contribution in [0.5, 0.6) is 0 Å². The van der Waals surface area contributed by atoms with Crippen molar-refractivity contribution in [2.45, 2.75) is 38.6 Å². The van der Waals surface area contributed by atoms with E-state index >= 15 is 0 Å². The third kappa shape index (κ3) is 4.91. The van der Waals surface area contributed by atoms with Crippen molar-refractivity contribution < 1.29 is 4.79 Å². The predicted octanol–water partition coefficient (Wildman–Crippen LogP) is 3.41. The number of hydrogen-bond donors (Lipinski definition) is 2. The molecule has 2 rings (SSSR count). The van der Waals surface area contributed by atoms with Gasteiger partial charge in [0.05, 0.1) is 6.04 Å². The number of hydrogen-bond acceptors (Lipinski definition) is 2. The molecule has 110 valence electrons. The molecular weight excluding hydrogens is 316 g/mol. The van der Waals surface area contributed by atoms with Gasteiger partial charge < -0.3 is 10.6 Å². The van der Waals surface area contributed by atoms with Crippen LogP contribution in [0.25, 0.3) is 0 Å². The van der Waals surface area contributed by atoms with Crippen LogP contribution in [0.1, 0.15) is 44.2 Å². The molecule has 0 saturated carbocycles. The first kappa shape index (κ1) is 15.5. The summed E-state index contributed by atoms with van der Waals surface area (Å²) in [4.78, 5) is 12.0. The van der Waals surface area contributed by atoms with Crippen LogP contribution in [0.3, 0.4) is 0 Å². The highest BCUT2D eigenvalue weighted by Crippen LogP contribution is 2.19. The van der Waals surface area contributed by atoms with Gasteiger partial charge in [0.2, 0.25) is 5.91 Å². The fourth-order valence-electron chi connectivity index (χ4n) is 2.65. The molecule has 2 N–H and O–H groups in total. The molecule has 1 aromatic rings. The lowest BCUT2D eigenvalue weighted by molar-refractivity contribution is -0.122. The number of amides is 1. The standard InChI is InChI=1S/C16H23BrN2O/c1-12(14-3-5-15(17)6-4-14)19-16(20)7-2-13-8-10-18-11-9-13/h3-6,12-13,18H,2,7-11H2,1H3,(H,19,20)/t12-/m0/s1. The van der Waals surface area contributed by atoms with Crippen molar-refractivity contribution in [2.24, 2.45) is 5.92 Å². The summed E-state index contributed by atoms with van der Waals surface area (Å²) < 4.78 is 1.06. The summed E-state index contributed by atoms with van der Waals surface area (Å²) in [6.07, 6.45) is 4.07. The Hall–Kier alpha value is -0.870.